The molecule has 2 aromatic carbocycles. The van der Waals surface area contributed by atoms with Gasteiger partial charge in [0.05, 0.1) is 5.02 Å². The van der Waals surface area contributed by atoms with E-state index in [1.165, 1.54) is 6.07 Å². The van der Waals surface area contributed by atoms with E-state index in [1.807, 2.05) is 17.0 Å². The third kappa shape index (κ3) is 2.14. The van der Waals surface area contributed by atoms with Gasteiger partial charge in [0.1, 0.15) is 11.6 Å². The molecule has 0 aliphatic carbocycles. The van der Waals surface area contributed by atoms with Crippen LogP contribution in [0.2, 0.25) is 5.02 Å². The van der Waals surface area contributed by atoms with Crippen LogP contribution >= 0.6 is 11.6 Å². The van der Waals surface area contributed by atoms with Crippen molar-refractivity contribution in [2.24, 2.45) is 0 Å². The molecule has 21 heavy (non-hydrogen) atoms. The maximum Gasteiger partial charge on any atom is 0.231 e. The molecule has 4 nitrogen and oxygen atoms in total. The summed E-state index contributed by atoms with van der Waals surface area (Å²) < 4.78 is 29.7. The van der Waals surface area contributed by atoms with Gasteiger partial charge in [-0.25, -0.2) is 4.39 Å². The predicted molar refractivity (Wildman–Crippen MR) is 75.7 cm³/mol. The molecule has 2 aromatic rings. The third-order valence-electron chi connectivity index (χ3n) is 3.56. The van der Waals surface area contributed by atoms with Crippen molar-refractivity contribution < 1.29 is 18.6 Å². The molecule has 0 bridgehead atoms. The quantitative estimate of drug-likeness (QED) is 0.806. The van der Waals surface area contributed by atoms with Crippen LogP contribution in [0.1, 0.15) is 5.56 Å². The lowest BCUT2D eigenvalue weighted by Crippen LogP contribution is -2.31. The van der Waals surface area contributed by atoms with Gasteiger partial charge < -0.3 is 19.1 Å². The summed E-state index contributed by atoms with van der Waals surface area (Å²) in [5.41, 5.74) is 1.80. The van der Waals surface area contributed by atoms with Gasteiger partial charge >= 0.3 is 0 Å². The first-order valence-electron chi connectivity index (χ1n) is 6.46. The van der Waals surface area contributed by atoms with Crippen molar-refractivity contribution in [2.75, 3.05) is 18.4 Å². The minimum Gasteiger partial charge on any atom is -0.473 e. The Balaban J connectivity index is 1.65. The summed E-state index contributed by atoms with van der Waals surface area (Å²) in [6.45, 7) is 1.23. The zero-order valence-electron chi connectivity index (χ0n) is 10.9. The number of nitrogens with zero attached hydrogens (tertiary/aromatic N) is 1. The second-order valence-electron chi connectivity index (χ2n) is 4.88. The fourth-order valence-corrected chi connectivity index (χ4v) is 2.64. The van der Waals surface area contributed by atoms with Gasteiger partial charge in [-0.15, -0.1) is 0 Å². The fraction of sp³-hybridized carbons (Fsp3) is 0.200. The minimum atomic E-state index is -0.429. The Morgan fingerprint density at radius 2 is 1.81 bits per heavy atom. The Kier molecular flexibility index (Phi) is 2.82. The SMILES string of the molecule is Fc1ccc(N2COc3cc4c(cc3C2)OCO4)cc1Cl. The van der Waals surface area contributed by atoms with E-state index in [0.29, 0.717) is 19.0 Å². The molecule has 0 amide bonds. The monoisotopic (exact) mass is 307 g/mol. The molecule has 2 aliphatic heterocycles. The number of hydrogen-bond acceptors (Lipinski definition) is 4. The van der Waals surface area contributed by atoms with E-state index in [-0.39, 0.29) is 11.8 Å². The van der Waals surface area contributed by atoms with Gasteiger partial charge in [0, 0.05) is 23.9 Å². The topological polar surface area (TPSA) is 30.9 Å². The van der Waals surface area contributed by atoms with E-state index in [0.717, 1.165) is 22.7 Å². The van der Waals surface area contributed by atoms with Gasteiger partial charge in [-0.05, 0) is 24.3 Å². The maximum atomic E-state index is 13.2. The normalized spacial score (nSPS) is 15.6. The number of anilines is 1. The molecule has 0 N–H and O–H groups in total. The summed E-state index contributed by atoms with van der Waals surface area (Å²) >= 11 is 5.83. The van der Waals surface area contributed by atoms with Gasteiger partial charge in [0.15, 0.2) is 18.2 Å². The van der Waals surface area contributed by atoms with Crippen molar-refractivity contribution in [3.8, 4) is 17.2 Å². The highest BCUT2D eigenvalue weighted by Crippen LogP contribution is 2.40. The number of benzene rings is 2. The molecule has 6 heteroatoms. The number of ether oxygens (including phenoxy) is 3. The average molecular weight is 308 g/mol. The lowest BCUT2D eigenvalue weighted by atomic mass is 10.1. The van der Waals surface area contributed by atoms with E-state index in [2.05, 4.69) is 0 Å². The highest BCUT2D eigenvalue weighted by molar-refractivity contribution is 6.31. The predicted octanol–water partition coefficient (Wildman–Crippen LogP) is 3.56. The summed E-state index contributed by atoms with van der Waals surface area (Å²) in [6.07, 6.45) is 0. The standard InChI is InChI=1S/C15H11ClFNO3/c16-11-4-10(1-2-12(11)17)18-6-9-3-14-15(21-8-20-14)5-13(9)19-7-18/h1-5H,6-8H2. The van der Waals surface area contributed by atoms with Crippen LogP contribution in [0.3, 0.4) is 0 Å². The maximum absolute atomic E-state index is 13.2. The van der Waals surface area contributed by atoms with Crippen molar-refractivity contribution in [2.45, 2.75) is 6.54 Å². The Labute approximate surface area is 125 Å². The molecule has 0 fully saturated rings. The van der Waals surface area contributed by atoms with Gasteiger partial charge in [-0.1, -0.05) is 11.6 Å². The molecule has 2 heterocycles. The lowest BCUT2D eigenvalue weighted by Gasteiger charge is -2.31. The smallest absolute Gasteiger partial charge is 0.231 e. The third-order valence-corrected chi connectivity index (χ3v) is 3.85. The highest BCUT2D eigenvalue weighted by Gasteiger charge is 2.23. The van der Waals surface area contributed by atoms with E-state index in [1.54, 1.807) is 12.1 Å². The van der Waals surface area contributed by atoms with E-state index in [9.17, 15) is 4.39 Å². The Bertz CT molecular complexity index is 722. The number of halogens is 2. The van der Waals surface area contributed by atoms with Gasteiger partial charge in [0.2, 0.25) is 6.79 Å². The first kappa shape index (κ1) is 12.6. The summed E-state index contributed by atoms with van der Waals surface area (Å²) in [5.74, 6) is 1.77. The van der Waals surface area contributed by atoms with E-state index < -0.39 is 5.82 Å². The second kappa shape index (κ2) is 4.70. The molecule has 0 saturated heterocycles. The molecule has 0 radical (unpaired) electrons. The zero-order chi connectivity index (χ0) is 14.4. The van der Waals surface area contributed by atoms with Crippen LogP contribution in [-0.4, -0.2) is 13.5 Å². The first-order chi connectivity index (χ1) is 10.2. The largest absolute Gasteiger partial charge is 0.473 e. The first-order valence-corrected chi connectivity index (χ1v) is 6.84. The molecule has 108 valence electrons. The second-order valence-corrected chi connectivity index (χ2v) is 5.29. The molecular weight excluding hydrogens is 297 g/mol. The summed E-state index contributed by atoms with van der Waals surface area (Å²) in [7, 11) is 0. The molecule has 0 atom stereocenters. The highest BCUT2D eigenvalue weighted by atomic mass is 35.5. The van der Waals surface area contributed by atoms with Crippen LogP contribution in [0, 0.1) is 5.82 Å². The molecule has 2 aliphatic rings. The van der Waals surface area contributed by atoms with E-state index in [4.69, 9.17) is 25.8 Å². The Hall–Kier alpha value is -2.14. The Morgan fingerprint density at radius 1 is 1.00 bits per heavy atom. The van der Waals surface area contributed by atoms with Crippen molar-refractivity contribution >= 4 is 17.3 Å². The van der Waals surface area contributed by atoms with Gasteiger partial charge in [0.25, 0.3) is 0 Å². The van der Waals surface area contributed by atoms with Crippen LogP contribution in [0.5, 0.6) is 17.2 Å². The molecule has 4 rings (SSSR count). The summed E-state index contributed by atoms with van der Waals surface area (Å²) in [4.78, 5) is 1.97. The molecule has 0 saturated carbocycles. The number of fused-ring (bicyclic) bond motifs is 2. The van der Waals surface area contributed by atoms with Crippen molar-refractivity contribution in [3.63, 3.8) is 0 Å². The Morgan fingerprint density at radius 3 is 2.62 bits per heavy atom. The lowest BCUT2D eigenvalue weighted by molar-refractivity contribution is 0.174. The molecule has 0 aromatic heterocycles. The number of hydrogen-bond donors (Lipinski definition) is 0. The van der Waals surface area contributed by atoms with Crippen LogP contribution < -0.4 is 19.1 Å². The molecule has 0 spiro atoms. The van der Waals surface area contributed by atoms with Gasteiger partial charge in [-0.2, -0.15) is 0 Å². The molecule has 0 unspecified atom stereocenters. The minimum absolute atomic E-state index is 0.101. The van der Waals surface area contributed by atoms with Crippen molar-refractivity contribution in [1.29, 1.82) is 0 Å². The van der Waals surface area contributed by atoms with Crippen LogP contribution in [0.15, 0.2) is 30.3 Å². The molecular formula is C15H11ClFNO3. The summed E-state index contributed by atoms with van der Waals surface area (Å²) in [5, 5.41) is 0.101. The van der Waals surface area contributed by atoms with Crippen molar-refractivity contribution in [3.05, 3.63) is 46.7 Å². The van der Waals surface area contributed by atoms with Crippen LogP contribution in [0.4, 0.5) is 10.1 Å². The average Bonchev–Trinajstić information content (AvgIpc) is 2.94. The van der Waals surface area contributed by atoms with Crippen molar-refractivity contribution in [1.82, 2.24) is 0 Å². The summed E-state index contributed by atoms with van der Waals surface area (Å²) in [6, 6.07) is 8.38. The van der Waals surface area contributed by atoms with Crippen LogP contribution in [-0.2, 0) is 6.54 Å². The zero-order valence-corrected chi connectivity index (χ0v) is 11.7. The van der Waals surface area contributed by atoms with Gasteiger partial charge in [-0.3, -0.25) is 0 Å². The van der Waals surface area contributed by atoms with Crippen LogP contribution in [0.25, 0.3) is 0 Å². The van der Waals surface area contributed by atoms with E-state index >= 15 is 0 Å². The number of rotatable bonds is 1. The fourth-order valence-electron chi connectivity index (χ4n) is 2.47.